The van der Waals surface area contributed by atoms with Crippen LogP contribution < -0.4 is 5.32 Å². The van der Waals surface area contributed by atoms with Crippen molar-refractivity contribution in [1.29, 1.82) is 0 Å². The number of aryl methyl sites for hydroxylation is 3. The number of likely N-dealkylation sites (N-methyl/N-ethyl adjacent to an activating group) is 1. The van der Waals surface area contributed by atoms with Gasteiger partial charge in [-0.1, -0.05) is 28.9 Å². The van der Waals surface area contributed by atoms with Crippen molar-refractivity contribution in [3.05, 3.63) is 46.6 Å². The molecular weight excluding hydrogens is 354 g/mol. The van der Waals surface area contributed by atoms with Gasteiger partial charge in [0, 0.05) is 31.6 Å². The Hall–Kier alpha value is -2.41. The lowest BCUT2D eigenvalue weighted by molar-refractivity contribution is 0.0909. The predicted molar refractivity (Wildman–Crippen MR) is 106 cm³/mol. The van der Waals surface area contributed by atoms with Crippen LogP contribution in [0, 0.1) is 20.8 Å². The number of hydrogen-bond donors (Lipinski definition) is 1. The van der Waals surface area contributed by atoms with Crippen molar-refractivity contribution in [2.75, 3.05) is 33.2 Å². The number of urea groups is 1. The summed E-state index contributed by atoms with van der Waals surface area (Å²) in [7, 11) is 2.03. The highest BCUT2D eigenvalue weighted by atomic mass is 16.5. The third-order valence-corrected chi connectivity index (χ3v) is 6.15. The molecular formula is C21H29N5O2. The van der Waals surface area contributed by atoms with Gasteiger partial charge in [-0.15, -0.1) is 0 Å². The summed E-state index contributed by atoms with van der Waals surface area (Å²) in [5, 5.41) is 7.08. The van der Waals surface area contributed by atoms with E-state index in [0.29, 0.717) is 31.3 Å². The Balaban J connectivity index is 1.40. The van der Waals surface area contributed by atoms with Crippen LogP contribution in [-0.4, -0.2) is 59.2 Å². The molecule has 1 aromatic heterocycles. The molecule has 2 fully saturated rings. The number of benzene rings is 1. The molecule has 2 aromatic rings. The Kier molecular flexibility index (Phi) is 4.87. The highest BCUT2D eigenvalue weighted by Crippen LogP contribution is 2.48. The molecule has 1 aromatic carbocycles. The number of carbonyl (C=O) groups excluding carboxylic acids is 1. The SMILES string of the molecule is Cc1ccc(C2(CNC(=O)N3CCN(C)C(c4nc(C)no4)C3)CC2)c(C)c1. The van der Waals surface area contributed by atoms with Crippen molar-refractivity contribution in [2.45, 2.75) is 45.1 Å². The Morgan fingerprint density at radius 2 is 2.07 bits per heavy atom. The van der Waals surface area contributed by atoms with Crippen molar-refractivity contribution in [3.8, 4) is 0 Å². The number of rotatable bonds is 4. The second kappa shape index (κ2) is 7.20. The molecule has 2 aliphatic rings. The summed E-state index contributed by atoms with van der Waals surface area (Å²) < 4.78 is 5.35. The second-order valence-electron chi connectivity index (χ2n) is 8.38. The molecule has 28 heavy (non-hydrogen) atoms. The molecule has 1 aliphatic carbocycles. The number of hydrogen-bond acceptors (Lipinski definition) is 5. The van der Waals surface area contributed by atoms with Crippen LogP contribution in [-0.2, 0) is 5.41 Å². The molecule has 1 N–H and O–H groups in total. The van der Waals surface area contributed by atoms with Gasteiger partial charge in [-0.2, -0.15) is 4.98 Å². The molecule has 1 saturated carbocycles. The summed E-state index contributed by atoms with van der Waals surface area (Å²) in [6.45, 7) is 8.81. The lowest BCUT2D eigenvalue weighted by Crippen LogP contribution is -2.53. The maximum atomic E-state index is 12.9. The van der Waals surface area contributed by atoms with Gasteiger partial charge in [-0.3, -0.25) is 4.90 Å². The predicted octanol–water partition coefficient (Wildman–Crippen LogP) is 2.72. The van der Waals surface area contributed by atoms with E-state index in [0.717, 1.165) is 19.4 Å². The Bertz CT molecular complexity index is 873. The van der Waals surface area contributed by atoms with Crippen LogP contribution in [0.25, 0.3) is 0 Å². The van der Waals surface area contributed by atoms with Crippen LogP contribution in [0.2, 0.25) is 0 Å². The summed E-state index contributed by atoms with van der Waals surface area (Å²) >= 11 is 0. The molecule has 0 radical (unpaired) electrons. The summed E-state index contributed by atoms with van der Waals surface area (Å²) in [5.74, 6) is 1.19. The number of amides is 2. The first-order valence-corrected chi connectivity index (χ1v) is 9.99. The molecule has 2 heterocycles. The fourth-order valence-corrected chi connectivity index (χ4v) is 4.23. The largest absolute Gasteiger partial charge is 0.338 e. The number of aromatic nitrogens is 2. The molecule has 7 heteroatoms. The molecule has 2 amide bonds. The Morgan fingerprint density at radius 3 is 2.71 bits per heavy atom. The first-order valence-electron chi connectivity index (χ1n) is 9.99. The standard InChI is InChI=1S/C21H29N5O2/c1-14-5-6-17(15(2)11-14)21(7-8-21)13-22-20(27)26-10-9-25(4)18(12-26)19-23-16(3)24-28-19/h5-6,11,18H,7-10,12-13H2,1-4H3,(H,22,27). The maximum Gasteiger partial charge on any atom is 0.317 e. The van der Waals surface area contributed by atoms with E-state index in [1.54, 1.807) is 0 Å². The van der Waals surface area contributed by atoms with Gasteiger partial charge in [0.15, 0.2) is 5.82 Å². The van der Waals surface area contributed by atoms with E-state index in [4.69, 9.17) is 4.52 Å². The molecule has 150 valence electrons. The van der Waals surface area contributed by atoms with Gasteiger partial charge in [0.2, 0.25) is 5.89 Å². The van der Waals surface area contributed by atoms with Crippen molar-refractivity contribution in [2.24, 2.45) is 0 Å². The average molecular weight is 383 g/mol. The van der Waals surface area contributed by atoms with Gasteiger partial charge in [0.25, 0.3) is 0 Å². The van der Waals surface area contributed by atoms with E-state index in [2.05, 4.69) is 52.4 Å². The molecule has 1 unspecified atom stereocenters. The minimum absolute atomic E-state index is 0.00891. The summed E-state index contributed by atoms with van der Waals surface area (Å²) in [5.41, 5.74) is 4.07. The van der Waals surface area contributed by atoms with E-state index in [1.807, 2.05) is 18.9 Å². The summed E-state index contributed by atoms with van der Waals surface area (Å²) in [6, 6.07) is 6.56. The number of carbonyl (C=O) groups is 1. The van der Waals surface area contributed by atoms with Gasteiger partial charge in [0.05, 0.1) is 0 Å². The van der Waals surface area contributed by atoms with Crippen LogP contribution in [0.1, 0.15) is 47.3 Å². The molecule has 1 atom stereocenters. The van der Waals surface area contributed by atoms with Crippen LogP contribution in [0.5, 0.6) is 0 Å². The van der Waals surface area contributed by atoms with E-state index >= 15 is 0 Å². The molecule has 1 saturated heterocycles. The highest BCUT2D eigenvalue weighted by molar-refractivity contribution is 5.74. The first-order chi connectivity index (χ1) is 13.4. The number of nitrogens with zero attached hydrogens (tertiary/aromatic N) is 4. The highest BCUT2D eigenvalue weighted by Gasteiger charge is 2.45. The van der Waals surface area contributed by atoms with Crippen LogP contribution >= 0.6 is 0 Å². The zero-order chi connectivity index (χ0) is 19.9. The van der Waals surface area contributed by atoms with E-state index in [1.165, 1.54) is 16.7 Å². The number of piperazine rings is 1. The van der Waals surface area contributed by atoms with E-state index < -0.39 is 0 Å². The Labute approximate surface area is 166 Å². The van der Waals surface area contributed by atoms with Crippen molar-refractivity contribution >= 4 is 6.03 Å². The third-order valence-electron chi connectivity index (χ3n) is 6.15. The molecule has 1 aliphatic heterocycles. The van der Waals surface area contributed by atoms with E-state index in [-0.39, 0.29) is 17.5 Å². The fraction of sp³-hybridized carbons (Fsp3) is 0.571. The van der Waals surface area contributed by atoms with Crippen LogP contribution in [0.3, 0.4) is 0 Å². The third kappa shape index (κ3) is 3.63. The zero-order valence-electron chi connectivity index (χ0n) is 17.2. The van der Waals surface area contributed by atoms with Crippen molar-refractivity contribution < 1.29 is 9.32 Å². The zero-order valence-corrected chi connectivity index (χ0v) is 17.2. The topological polar surface area (TPSA) is 74.5 Å². The molecule has 0 bridgehead atoms. The van der Waals surface area contributed by atoms with Crippen molar-refractivity contribution in [1.82, 2.24) is 25.3 Å². The first kappa shape index (κ1) is 18.9. The van der Waals surface area contributed by atoms with Gasteiger partial charge in [-0.25, -0.2) is 4.79 Å². The van der Waals surface area contributed by atoms with Crippen LogP contribution in [0.4, 0.5) is 4.79 Å². The normalized spacial score (nSPS) is 21.6. The average Bonchev–Trinajstić information content (AvgIpc) is 3.32. The maximum absolute atomic E-state index is 12.9. The quantitative estimate of drug-likeness (QED) is 0.879. The smallest absolute Gasteiger partial charge is 0.317 e. The monoisotopic (exact) mass is 383 g/mol. The molecule has 0 spiro atoms. The second-order valence-corrected chi connectivity index (χ2v) is 8.38. The summed E-state index contributed by atoms with van der Waals surface area (Å²) in [6.07, 6.45) is 2.26. The molecule has 4 rings (SSSR count). The van der Waals surface area contributed by atoms with Gasteiger partial charge >= 0.3 is 6.03 Å². The lowest BCUT2D eigenvalue weighted by Gasteiger charge is -2.37. The molecule has 7 nitrogen and oxygen atoms in total. The van der Waals surface area contributed by atoms with Gasteiger partial charge in [-0.05, 0) is 51.8 Å². The fourth-order valence-electron chi connectivity index (χ4n) is 4.23. The lowest BCUT2D eigenvalue weighted by atomic mass is 9.91. The minimum Gasteiger partial charge on any atom is -0.338 e. The van der Waals surface area contributed by atoms with Crippen LogP contribution in [0.15, 0.2) is 22.7 Å². The van der Waals surface area contributed by atoms with Gasteiger partial charge < -0.3 is 14.7 Å². The minimum atomic E-state index is -0.0603. The Morgan fingerprint density at radius 1 is 1.29 bits per heavy atom. The van der Waals surface area contributed by atoms with Crippen molar-refractivity contribution in [3.63, 3.8) is 0 Å². The number of nitrogens with one attached hydrogen (secondary N) is 1. The van der Waals surface area contributed by atoms with E-state index in [9.17, 15) is 4.79 Å². The van der Waals surface area contributed by atoms with Gasteiger partial charge in [0.1, 0.15) is 6.04 Å². The summed E-state index contributed by atoms with van der Waals surface area (Å²) in [4.78, 5) is 21.2.